The number of morpholine rings is 1. The molecule has 0 aromatic carbocycles. The molecular formula is C13H26N2O. The minimum absolute atomic E-state index is 0.400. The predicted octanol–water partition coefficient (Wildman–Crippen LogP) is 1.34. The first-order valence-corrected chi connectivity index (χ1v) is 6.69. The molecule has 1 saturated carbocycles. The zero-order valence-electron chi connectivity index (χ0n) is 10.9. The third-order valence-corrected chi connectivity index (χ3v) is 4.21. The quantitative estimate of drug-likeness (QED) is 0.783. The molecule has 2 aliphatic rings. The summed E-state index contributed by atoms with van der Waals surface area (Å²) >= 11 is 0. The van der Waals surface area contributed by atoms with Crippen LogP contribution in [0.3, 0.4) is 0 Å². The monoisotopic (exact) mass is 226 g/mol. The van der Waals surface area contributed by atoms with Gasteiger partial charge in [0.2, 0.25) is 0 Å². The van der Waals surface area contributed by atoms with E-state index < -0.39 is 0 Å². The average molecular weight is 226 g/mol. The Kier molecular flexibility index (Phi) is 4.22. The van der Waals surface area contributed by atoms with E-state index in [0.29, 0.717) is 6.10 Å². The molecule has 1 saturated heterocycles. The summed E-state index contributed by atoms with van der Waals surface area (Å²) in [6, 6.07) is 0.804. The molecule has 1 heterocycles. The molecule has 0 bridgehead atoms. The largest absolute Gasteiger partial charge is 0.374 e. The first-order chi connectivity index (χ1) is 7.66. The van der Waals surface area contributed by atoms with Crippen molar-refractivity contribution in [2.45, 2.75) is 38.8 Å². The van der Waals surface area contributed by atoms with Crippen molar-refractivity contribution in [2.75, 3.05) is 33.3 Å². The average Bonchev–Trinajstić information content (AvgIpc) is 2.15. The van der Waals surface area contributed by atoms with Crippen LogP contribution in [0.15, 0.2) is 0 Å². The van der Waals surface area contributed by atoms with Gasteiger partial charge in [0.05, 0.1) is 12.7 Å². The second kappa shape index (κ2) is 5.48. The SMILES string of the molecule is CC(C)C1CC(N(C)CC2CNCCO2)C1. The Balaban J connectivity index is 1.67. The van der Waals surface area contributed by atoms with Crippen LogP contribution in [0.25, 0.3) is 0 Å². The Bertz CT molecular complexity index is 208. The minimum atomic E-state index is 0.400. The number of ether oxygens (including phenoxy) is 1. The molecule has 16 heavy (non-hydrogen) atoms. The topological polar surface area (TPSA) is 24.5 Å². The first-order valence-electron chi connectivity index (χ1n) is 6.69. The van der Waals surface area contributed by atoms with Crippen LogP contribution in [-0.4, -0.2) is 50.3 Å². The summed E-state index contributed by atoms with van der Waals surface area (Å²) in [5.74, 6) is 1.81. The maximum atomic E-state index is 5.74. The highest BCUT2D eigenvalue weighted by Gasteiger charge is 2.34. The van der Waals surface area contributed by atoms with E-state index in [1.54, 1.807) is 0 Å². The summed E-state index contributed by atoms with van der Waals surface area (Å²) in [5, 5.41) is 3.39. The Morgan fingerprint density at radius 2 is 2.12 bits per heavy atom. The van der Waals surface area contributed by atoms with Gasteiger partial charge in [0.1, 0.15) is 0 Å². The zero-order chi connectivity index (χ0) is 11.5. The molecule has 0 radical (unpaired) electrons. The lowest BCUT2D eigenvalue weighted by atomic mass is 9.73. The van der Waals surface area contributed by atoms with Gasteiger partial charge in [-0.05, 0) is 31.7 Å². The van der Waals surface area contributed by atoms with Crippen LogP contribution in [0.2, 0.25) is 0 Å². The number of nitrogens with one attached hydrogen (secondary N) is 1. The van der Waals surface area contributed by atoms with E-state index in [1.807, 2.05) is 0 Å². The molecular weight excluding hydrogens is 200 g/mol. The van der Waals surface area contributed by atoms with Crippen LogP contribution < -0.4 is 5.32 Å². The molecule has 1 N–H and O–H groups in total. The van der Waals surface area contributed by atoms with Gasteiger partial charge in [-0.25, -0.2) is 0 Å². The van der Waals surface area contributed by atoms with Gasteiger partial charge in [-0.2, -0.15) is 0 Å². The van der Waals surface area contributed by atoms with Crippen LogP contribution in [0.1, 0.15) is 26.7 Å². The van der Waals surface area contributed by atoms with Gasteiger partial charge in [-0.3, -0.25) is 0 Å². The lowest BCUT2D eigenvalue weighted by Crippen LogP contribution is -2.50. The van der Waals surface area contributed by atoms with Crippen molar-refractivity contribution >= 4 is 0 Å². The van der Waals surface area contributed by atoms with E-state index >= 15 is 0 Å². The summed E-state index contributed by atoms with van der Waals surface area (Å²) in [4.78, 5) is 2.50. The predicted molar refractivity (Wildman–Crippen MR) is 66.6 cm³/mol. The number of hydrogen-bond donors (Lipinski definition) is 1. The third-order valence-electron chi connectivity index (χ3n) is 4.21. The van der Waals surface area contributed by atoms with Crippen LogP contribution in [0.5, 0.6) is 0 Å². The van der Waals surface area contributed by atoms with Crippen LogP contribution in [-0.2, 0) is 4.74 Å². The lowest BCUT2D eigenvalue weighted by molar-refractivity contribution is -0.0161. The molecule has 1 atom stereocenters. The summed E-state index contributed by atoms with van der Waals surface area (Å²) in [7, 11) is 2.25. The maximum Gasteiger partial charge on any atom is 0.0826 e. The molecule has 1 unspecified atom stereocenters. The number of likely N-dealkylation sites (N-methyl/N-ethyl adjacent to an activating group) is 1. The summed E-state index contributed by atoms with van der Waals surface area (Å²) in [6.45, 7) is 8.67. The van der Waals surface area contributed by atoms with E-state index in [1.165, 1.54) is 12.8 Å². The van der Waals surface area contributed by atoms with Crippen molar-refractivity contribution in [3.05, 3.63) is 0 Å². The molecule has 0 spiro atoms. The van der Waals surface area contributed by atoms with Gasteiger partial charge >= 0.3 is 0 Å². The summed E-state index contributed by atoms with van der Waals surface area (Å²) in [6.07, 6.45) is 3.17. The molecule has 94 valence electrons. The highest BCUT2D eigenvalue weighted by atomic mass is 16.5. The molecule has 2 rings (SSSR count). The van der Waals surface area contributed by atoms with Crippen molar-refractivity contribution < 1.29 is 4.74 Å². The first kappa shape index (κ1) is 12.3. The van der Waals surface area contributed by atoms with E-state index in [9.17, 15) is 0 Å². The Morgan fingerprint density at radius 1 is 1.38 bits per heavy atom. The van der Waals surface area contributed by atoms with Gasteiger partial charge < -0.3 is 15.0 Å². The van der Waals surface area contributed by atoms with Crippen molar-refractivity contribution in [1.29, 1.82) is 0 Å². The van der Waals surface area contributed by atoms with Gasteiger partial charge in [0.15, 0.2) is 0 Å². The Labute approximate surface area is 99.5 Å². The van der Waals surface area contributed by atoms with Crippen molar-refractivity contribution in [3.63, 3.8) is 0 Å². The third kappa shape index (κ3) is 2.96. The Morgan fingerprint density at radius 3 is 2.69 bits per heavy atom. The van der Waals surface area contributed by atoms with Gasteiger partial charge in [0.25, 0.3) is 0 Å². The molecule has 0 amide bonds. The van der Waals surface area contributed by atoms with Crippen molar-refractivity contribution in [1.82, 2.24) is 10.2 Å². The number of hydrogen-bond acceptors (Lipinski definition) is 3. The minimum Gasteiger partial charge on any atom is -0.374 e. The van der Waals surface area contributed by atoms with Crippen LogP contribution in [0.4, 0.5) is 0 Å². The second-order valence-corrected chi connectivity index (χ2v) is 5.77. The van der Waals surface area contributed by atoms with Gasteiger partial charge in [0, 0.05) is 25.7 Å². The van der Waals surface area contributed by atoms with Crippen LogP contribution >= 0.6 is 0 Å². The van der Waals surface area contributed by atoms with E-state index in [-0.39, 0.29) is 0 Å². The van der Waals surface area contributed by atoms with E-state index in [0.717, 1.165) is 44.1 Å². The fraction of sp³-hybridized carbons (Fsp3) is 1.00. The fourth-order valence-electron chi connectivity index (χ4n) is 2.74. The van der Waals surface area contributed by atoms with Gasteiger partial charge in [-0.1, -0.05) is 13.8 Å². The molecule has 0 aromatic rings. The van der Waals surface area contributed by atoms with Crippen LogP contribution in [0, 0.1) is 11.8 Å². The van der Waals surface area contributed by atoms with E-state index in [4.69, 9.17) is 4.74 Å². The smallest absolute Gasteiger partial charge is 0.0826 e. The molecule has 3 heteroatoms. The molecule has 1 aliphatic carbocycles. The van der Waals surface area contributed by atoms with Crippen molar-refractivity contribution in [3.8, 4) is 0 Å². The normalized spacial score (nSPS) is 35.4. The standard InChI is InChI=1S/C13H26N2O/c1-10(2)11-6-12(7-11)15(3)9-13-8-14-4-5-16-13/h10-14H,4-9H2,1-3H3. The number of nitrogens with zero attached hydrogens (tertiary/aromatic N) is 1. The molecule has 3 nitrogen and oxygen atoms in total. The molecule has 2 fully saturated rings. The van der Waals surface area contributed by atoms with Crippen molar-refractivity contribution in [2.24, 2.45) is 11.8 Å². The highest BCUT2D eigenvalue weighted by Crippen LogP contribution is 2.36. The van der Waals surface area contributed by atoms with E-state index in [2.05, 4.69) is 31.1 Å². The lowest BCUT2D eigenvalue weighted by Gasteiger charge is -2.44. The molecule has 0 aromatic heterocycles. The zero-order valence-corrected chi connectivity index (χ0v) is 10.9. The maximum absolute atomic E-state index is 5.74. The second-order valence-electron chi connectivity index (χ2n) is 5.77. The summed E-state index contributed by atoms with van der Waals surface area (Å²) < 4.78 is 5.74. The fourth-order valence-corrected chi connectivity index (χ4v) is 2.74. The summed E-state index contributed by atoms with van der Waals surface area (Å²) in [5.41, 5.74) is 0. The number of rotatable bonds is 4. The van der Waals surface area contributed by atoms with Gasteiger partial charge in [-0.15, -0.1) is 0 Å². The molecule has 1 aliphatic heterocycles. The highest BCUT2D eigenvalue weighted by molar-refractivity contribution is 4.88. The Hall–Kier alpha value is -0.120.